The standard InChI is InChI=1S/C19H33N3O4/c1-8-21-16(24)20(7)17(25)22(18(21)26)10-13-11(2)9-14(19(4,5)6)15(23)12(13)3/h11-15,23H,8-10H2,1-7H3. The van der Waals surface area contributed by atoms with Crippen LogP contribution >= 0.6 is 0 Å². The van der Waals surface area contributed by atoms with Gasteiger partial charge in [-0.3, -0.25) is 0 Å². The van der Waals surface area contributed by atoms with Gasteiger partial charge in [-0.2, -0.15) is 0 Å². The SMILES string of the molecule is CCn1c(=O)n(C)c(=O)n(CC2C(C)CC(C(C)(C)C)C(O)C2C)c1=O. The van der Waals surface area contributed by atoms with Crippen molar-refractivity contribution in [3.05, 3.63) is 31.5 Å². The molecule has 1 aliphatic carbocycles. The number of aromatic nitrogens is 3. The highest BCUT2D eigenvalue weighted by Crippen LogP contribution is 2.45. The van der Waals surface area contributed by atoms with E-state index >= 15 is 0 Å². The van der Waals surface area contributed by atoms with Gasteiger partial charge >= 0.3 is 17.1 Å². The summed E-state index contributed by atoms with van der Waals surface area (Å²) in [6, 6.07) is 0. The lowest BCUT2D eigenvalue weighted by Gasteiger charge is -2.47. The van der Waals surface area contributed by atoms with Crippen LogP contribution in [0.1, 0.15) is 48.0 Å². The first-order valence-corrected chi connectivity index (χ1v) is 9.50. The summed E-state index contributed by atoms with van der Waals surface area (Å²) >= 11 is 0. The Balaban J connectivity index is 2.44. The molecule has 1 saturated carbocycles. The summed E-state index contributed by atoms with van der Waals surface area (Å²) < 4.78 is 3.22. The molecular formula is C19H33N3O4. The fourth-order valence-corrected chi connectivity index (χ4v) is 4.46. The smallest absolute Gasteiger partial charge is 0.336 e. The van der Waals surface area contributed by atoms with Crippen molar-refractivity contribution in [3.8, 4) is 0 Å². The Hall–Kier alpha value is -1.63. The molecule has 1 aromatic rings. The van der Waals surface area contributed by atoms with Gasteiger partial charge in [-0.25, -0.2) is 28.1 Å². The average molecular weight is 367 g/mol. The van der Waals surface area contributed by atoms with Gasteiger partial charge in [0, 0.05) is 20.1 Å². The molecule has 2 rings (SSSR count). The van der Waals surface area contributed by atoms with Crippen LogP contribution in [-0.2, 0) is 20.1 Å². The van der Waals surface area contributed by atoms with Crippen molar-refractivity contribution in [2.75, 3.05) is 0 Å². The van der Waals surface area contributed by atoms with E-state index in [2.05, 4.69) is 27.7 Å². The molecule has 0 aromatic carbocycles. The predicted molar refractivity (Wildman–Crippen MR) is 101 cm³/mol. The zero-order chi connectivity index (χ0) is 20.0. The van der Waals surface area contributed by atoms with Crippen molar-refractivity contribution in [3.63, 3.8) is 0 Å². The summed E-state index contributed by atoms with van der Waals surface area (Å²) in [5, 5.41) is 10.9. The van der Waals surface area contributed by atoms with Gasteiger partial charge in [0.2, 0.25) is 0 Å². The van der Waals surface area contributed by atoms with Crippen LogP contribution in [0.2, 0.25) is 0 Å². The number of nitrogens with zero attached hydrogens (tertiary/aromatic N) is 3. The summed E-state index contributed by atoms with van der Waals surface area (Å²) in [6.07, 6.45) is 0.371. The third-order valence-electron chi connectivity index (χ3n) is 6.30. The van der Waals surface area contributed by atoms with Crippen LogP contribution in [0.3, 0.4) is 0 Å². The second-order valence-electron chi connectivity index (χ2n) is 8.96. The third kappa shape index (κ3) is 3.46. The molecular weight excluding hydrogens is 334 g/mol. The Morgan fingerprint density at radius 3 is 2.08 bits per heavy atom. The number of rotatable bonds is 3. The van der Waals surface area contributed by atoms with Crippen LogP contribution in [0.15, 0.2) is 14.4 Å². The van der Waals surface area contributed by atoms with Gasteiger partial charge in [0.25, 0.3) is 0 Å². The third-order valence-corrected chi connectivity index (χ3v) is 6.30. The summed E-state index contributed by atoms with van der Waals surface area (Å²) in [6.45, 7) is 12.7. The van der Waals surface area contributed by atoms with E-state index in [-0.39, 0.29) is 42.2 Å². The van der Waals surface area contributed by atoms with Crippen LogP contribution in [0, 0.1) is 29.1 Å². The minimum atomic E-state index is -0.587. The normalized spacial score (nSPS) is 29.8. The van der Waals surface area contributed by atoms with Crippen molar-refractivity contribution >= 4 is 0 Å². The van der Waals surface area contributed by atoms with E-state index in [1.54, 1.807) is 6.92 Å². The van der Waals surface area contributed by atoms with Crippen LogP contribution < -0.4 is 17.1 Å². The van der Waals surface area contributed by atoms with Crippen LogP contribution in [-0.4, -0.2) is 24.9 Å². The van der Waals surface area contributed by atoms with Gasteiger partial charge in [0.1, 0.15) is 0 Å². The molecule has 5 atom stereocenters. The summed E-state index contributed by atoms with van der Waals surface area (Å²) in [5.74, 6) is 0.391. The zero-order valence-corrected chi connectivity index (χ0v) is 17.0. The van der Waals surface area contributed by atoms with Gasteiger partial charge in [-0.05, 0) is 42.4 Å². The van der Waals surface area contributed by atoms with E-state index in [4.69, 9.17) is 0 Å². The summed E-state index contributed by atoms with van der Waals surface area (Å²) in [4.78, 5) is 37.2. The van der Waals surface area contributed by atoms with Crippen molar-refractivity contribution in [1.29, 1.82) is 0 Å². The number of aliphatic hydroxyl groups excluding tert-OH is 1. The molecule has 1 heterocycles. The molecule has 7 heteroatoms. The van der Waals surface area contributed by atoms with Crippen molar-refractivity contribution < 1.29 is 5.11 Å². The van der Waals surface area contributed by atoms with Gasteiger partial charge in [-0.1, -0.05) is 34.6 Å². The monoisotopic (exact) mass is 367 g/mol. The summed E-state index contributed by atoms with van der Waals surface area (Å²) in [5.41, 5.74) is -1.74. The number of hydrogen-bond acceptors (Lipinski definition) is 4. The van der Waals surface area contributed by atoms with E-state index in [9.17, 15) is 19.5 Å². The molecule has 7 nitrogen and oxygen atoms in total. The molecule has 148 valence electrons. The largest absolute Gasteiger partial charge is 0.393 e. The fourth-order valence-electron chi connectivity index (χ4n) is 4.46. The number of aliphatic hydroxyl groups is 1. The highest BCUT2D eigenvalue weighted by molar-refractivity contribution is 4.94. The van der Waals surface area contributed by atoms with E-state index in [1.807, 2.05) is 6.92 Å². The van der Waals surface area contributed by atoms with E-state index in [1.165, 1.54) is 7.05 Å². The molecule has 1 aliphatic rings. The Labute approximate surface area is 154 Å². The van der Waals surface area contributed by atoms with Gasteiger partial charge in [-0.15, -0.1) is 0 Å². The maximum atomic E-state index is 12.6. The second kappa shape index (κ2) is 7.18. The Kier molecular flexibility index (Phi) is 5.71. The highest BCUT2D eigenvalue weighted by Gasteiger charge is 2.44. The van der Waals surface area contributed by atoms with E-state index in [0.717, 1.165) is 20.1 Å². The maximum Gasteiger partial charge on any atom is 0.336 e. The summed E-state index contributed by atoms with van der Waals surface area (Å²) in [7, 11) is 1.39. The lowest BCUT2D eigenvalue weighted by Crippen LogP contribution is -2.56. The average Bonchev–Trinajstić information content (AvgIpc) is 2.55. The van der Waals surface area contributed by atoms with Gasteiger partial charge in [0.05, 0.1) is 6.10 Å². The molecule has 0 saturated heterocycles. The first-order chi connectivity index (χ1) is 11.9. The minimum Gasteiger partial charge on any atom is -0.393 e. The second-order valence-corrected chi connectivity index (χ2v) is 8.96. The minimum absolute atomic E-state index is 0.00296. The topological polar surface area (TPSA) is 86.2 Å². The van der Waals surface area contributed by atoms with Gasteiger partial charge in [0.15, 0.2) is 0 Å². The molecule has 1 N–H and O–H groups in total. The Morgan fingerprint density at radius 1 is 1.04 bits per heavy atom. The molecule has 1 aromatic heterocycles. The van der Waals surface area contributed by atoms with Crippen LogP contribution in [0.25, 0.3) is 0 Å². The lowest BCUT2D eigenvalue weighted by molar-refractivity contribution is -0.0748. The Morgan fingerprint density at radius 2 is 1.58 bits per heavy atom. The van der Waals surface area contributed by atoms with Crippen LogP contribution in [0.4, 0.5) is 0 Å². The predicted octanol–water partition coefficient (Wildman–Crippen LogP) is 1.04. The highest BCUT2D eigenvalue weighted by atomic mass is 16.3. The fraction of sp³-hybridized carbons (Fsp3) is 0.842. The maximum absolute atomic E-state index is 12.6. The molecule has 0 bridgehead atoms. The van der Waals surface area contributed by atoms with E-state index in [0.29, 0.717) is 0 Å². The molecule has 0 radical (unpaired) electrons. The first-order valence-electron chi connectivity index (χ1n) is 9.50. The molecule has 0 spiro atoms. The molecule has 0 amide bonds. The van der Waals surface area contributed by atoms with Crippen molar-refractivity contribution in [2.45, 2.75) is 67.2 Å². The van der Waals surface area contributed by atoms with Crippen molar-refractivity contribution in [2.24, 2.45) is 36.1 Å². The van der Waals surface area contributed by atoms with E-state index < -0.39 is 23.2 Å². The quantitative estimate of drug-likeness (QED) is 0.865. The molecule has 1 fully saturated rings. The van der Waals surface area contributed by atoms with Gasteiger partial charge < -0.3 is 5.11 Å². The molecule has 26 heavy (non-hydrogen) atoms. The zero-order valence-electron chi connectivity index (χ0n) is 17.0. The van der Waals surface area contributed by atoms with Crippen molar-refractivity contribution in [1.82, 2.24) is 13.7 Å². The Bertz CT molecular complexity index is 827. The number of hydrogen-bond donors (Lipinski definition) is 1. The first kappa shape index (κ1) is 20.7. The lowest BCUT2D eigenvalue weighted by atomic mass is 9.60. The molecule has 0 aliphatic heterocycles. The molecule has 5 unspecified atom stereocenters. The van der Waals surface area contributed by atoms with Crippen LogP contribution in [0.5, 0.6) is 0 Å².